The lowest BCUT2D eigenvalue weighted by Gasteiger charge is -2.29. The quantitative estimate of drug-likeness (QED) is 0.876. The van der Waals surface area contributed by atoms with Gasteiger partial charge in [-0.3, -0.25) is 9.78 Å². The van der Waals surface area contributed by atoms with Crippen LogP contribution in [0, 0.1) is 0 Å². The Morgan fingerprint density at radius 1 is 1.40 bits per heavy atom. The molecule has 0 fully saturated rings. The molecule has 2 aromatic rings. The van der Waals surface area contributed by atoms with Crippen LogP contribution in [0.5, 0.6) is 11.5 Å². The maximum atomic E-state index is 12.5. The van der Waals surface area contributed by atoms with E-state index in [0.29, 0.717) is 30.2 Å². The Balaban J connectivity index is 1.97. The highest BCUT2D eigenvalue weighted by Crippen LogP contribution is 2.32. The summed E-state index contributed by atoms with van der Waals surface area (Å²) in [6, 6.07) is 6.13. The first-order valence-corrected chi connectivity index (χ1v) is 6.42. The van der Waals surface area contributed by atoms with Gasteiger partial charge in [-0.25, -0.2) is 0 Å². The molecule has 1 aromatic heterocycles. The van der Waals surface area contributed by atoms with Crippen molar-refractivity contribution in [1.29, 1.82) is 0 Å². The molecule has 0 saturated carbocycles. The van der Waals surface area contributed by atoms with E-state index in [9.17, 15) is 9.90 Å². The molecule has 1 aliphatic heterocycles. The molecule has 0 saturated heterocycles. The molecule has 102 valence electrons. The molecule has 1 aromatic carbocycles. The molecule has 1 aliphatic rings. The molecule has 0 bridgehead atoms. The van der Waals surface area contributed by atoms with Crippen LogP contribution in [0.4, 0.5) is 5.69 Å². The van der Waals surface area contributed by atoms with Crippen molar-refractivity contribution < 1.29 is 14.6 Å². The zero-order chi connectivity index (χ0) is 14.1. The van der Waals surface area contributed by atoms with Crippen LogP contribution >= 0.6 is 11.6 Å². The van der Waals surface area contributed by atoms with Gasteiger partial charge in [-0.2, -0.15) is 0 Å². The number of amides is 1. The molecule has 5 nitrogen and oxygen atoms in total. The number of hydrogen-bond acceptors (Lipinski definition) is 4. The number of fused-ring (bicyclic) bond motifs is 1. The second-order valence-corrected chi connectivity index (χ2v) is 4.72. The summed E-state index contributed by atoms with van der Waals surface area (Å²) in [6.45, 7) is 0.866. The first kappa shape index (κ1) is 12.7. The SMILES string of the molecule is O=C(c1ccc(O)c(Cl)c1)N1CCOc2cnccc21. The number of anilines is 1. The first-order chi connectivity index (χ1) is 9.66. The predicted molar refractivity (Wildman–Crippen MR) is 74.5 cm³/mol. The maximum absolute atomic E-state index is 12.5. The number of rotatable bonds is 1. The Morgan fingerprint density at radius 2 is 2.25 bits per heavy atom. The highest BCUT2D eigenvalue weighted by atomic mass is 35.5. The van der Waals surface area contributed by atoms with Crippen molar-refractivity contribution in [2.75, 3.05) is 18.1 Å². The van der Waals surface area contributed by atoms with E-state index in [1.54, 1.807) is 29.4 Å². The van der Waals surface area contributed by atoms with Gasteiger partial charge >= 0.3 is 0 Å². The van der Waals surface area contributed by atoms with Crippen LogP contribution in [0.1, 0.15) is 10.4 Å². The number of aromatic hydroxyl groups is 1. The Hall–Kier alpha value is -2.27. The Bertz CT molecular complexity index is 675. The van der Waals surface area contributed by atoms with E-state index in [0.717, 1.165) is 0 Å². The molecule has 1 N–H and O–H groups in total. The molecule has 6 heteroatoms. The third-order valence-electron chi connectivity index (χ3n) is 3.07. The topological polar surface area (TPSA) is 62.7 Å². The van der Waals surface area contributed by atoms with E-state index in [1.165, 1.54) is 12.1 Å². The summed E-state index contributed by atoms with van der Waals surface area (Å²) in [5, 5.41) is 9.56. The van der Waals surface area contributed by atoms with Crippen LogP contribution in [0.2, 0.25) is 5.02 Å². The van der Waals surface area contributed by atoms with Gasteiger partial charge in [-0.05, 0) is 24.3 Å². The van der Waals surface area contributed by atoms with Gasteiger partial charge in [0.2, 0.25) is 0 Å². The summed E-state index contributed by atoms with van der Waals surface area (Å²) in [4.78, 5) is 18.1. The Labute approximate surface area is 120 Å². The molecule has 3 rings (SSSR count). The lowest BCUT2D eigenvalue weighted by molar-refractivity contribution is 0.0976. The zero-order valence-electron chi connectivity index (χ0n) is 10.4. The van der Waals surface area contributed by atoms with E-state index in [-0.39, 0.29) is 16.7 Å². The highest BCUT2D eigenvalue weighted by molar-refractivity contribution is 6.32. The lowest BCUT2D eigenvalue weighted by atomic mass is 10.1. The smallest absolute Gasteiger partial charge is 0.258 e. The van der Waals surface area contributed by atoms with Crippen molar-refractivity contribution in [3.63, 3.8) is 0 Å². The second-order valence-electron chi connectivity index (χ2n) is 4.31. The molecular weight excluding hydrogens is 280 g/mol. The number of phenolic OH excluding ortho intramolecular Hbond substituents is 1. The third kappa shape index (κ3) is 2.16. The summed E-state index contributed by atoms with van der Waals surface area (Å²) in [7, 11) is 0. The molecule has 0 aliphatic carbocycles. The van der Waals surface area contributed by atoms with Crippen LogP contribution in [0.15, 0.2) is 36.7 Å². The fourth-order valence-corrected chi connectivity index (χ4v) is 2.26. The van der Waals surface area contributed by atoms with E-state index in [2.05, 4.69) is 4.98 Å². The summed E-state index contributed by atoms with van der Waals surface area (Å²) in [5.74, 6) is 0.342. The fraction of sp³-hybridized carbons (Fsp3) is 0.143. The lowest BCUT2D eigenvalue weighted by Crippen LogP contribution is -2.38. The Morgan fingerprint density at radius 3 is 3.05 bits per heavy atom. The number of phenols is 1. The molecule has 20 heavy (non-hydrogen) atoms. The highest BCUT2D eigenvalue weighted by Gasteiger charge is 2.25. The van der Waals surface area contributed by atoms with Gasteiger partial charge < -0.3 is 14.7 Å². The van der Waals surface area contributed by atoms with E-state index in [4.69, 9.17) is 16.3 Å². The first-order valence-electron chi connectivity index (χ1n) is 6.04. The van der Waals surface area contributed by atoms with Crippen LogP contribution in [0.25, 0.3) is 0 Å². The van der Waals surface area contributed by atoms with Crippen LogP contribution < -0.4 is 9.64 Å². The molecular formula is C14H11ClN2O3. The average Bonchev–Trinajstić information content (AvgIpc) is 2.49. The van der Waals surface area contributed by atoms with E-state index < -0.39 is 0 Å². The van der Waals surface area contributed by atoms with Crippen LogP contribution in [0.3, 0.4) is 0 Å². The molecule has 0 radical (unpaired) electrons. The van der Waals surface area contributed by atoms with Gasteiger partial charge in [0.1, 0.15) is 12.4 Å². The number of carbonyl (C=O) groups is 1. The summed E-state index contributed by atoms with van der Waals surface area (Å²) >= 11 is 5.84. The number of hydrogen-bond donors (Lipinski definition) is 1. The monoisotopic (exact) mass is 290 g/mol. The van der Waals surface area contributed by atoms with Crippen molar-refractivity contribution in [3.8, 4) is 11.5 Å². The largest absolute Gasteiger partial charge is 0.506 e. The van der Waals surface area contributed by atoms with Crippen molar-refractivity contribution in [3.05, 3.63) is 47.2 Å². The van der Waals surface area contributed by atoms with Crippen molar-refractivity contribution in [2.45, 2.75) is 0 Å². The minimum Gasteiger partial charge on any atom is -0.506 e. The molecule has 0 unspecified atom stereocenters. The van der Waals surface area contributed by atoms with Gasteiger partial charge in [-0.15, -0.1) is 0 Å². The average molecular weight is 291 g/mol. The summed E-state index contributed by atoms with van der Waals surface area (Å²) < 4.78 is 5.46. The standard InChI is InChI=1S/C14H11ClN2O3/c15-10-7-9(1-2-12(10)18)14(19)17-5-6-20-13-8-16-4-3-11(13)17/h1-4,7-8,18H,5-6H2. The van der Waals surface area contributed by atoms with Crippen molar-refractivity contribution in [1.82, 2.24) is 4.98 Å². The zero-order valence-corrected chi connectivity index (χ0v) is 11.2. The van der Waals surface area contributed by atoms with E-state index >= 15 is 0 Å². The van der Waals surface area contributed by atoms with Gasteiger partial charge in [0.15, 0.2) is 5.75 Å². The van der Waals surface area contributed by atoms with Gasteiger partial charge in [0.25, 0.3) is 5.91 Å². The molecule has 0 atom stereocenters. The van der Waals surface area contributed by atoms with Gasteiger partial charge in [-0.1, -0.05) is 11.6 Å². The number of halogens is 1. The van der Waals surface area contributed by atoms with Crippen molar-refractivity contribution >= 4 is 23.2 Å². The maximum Gasteiger partial charge on any atom is 0.258 e. The van der Waals surface area contributed by atoms with Crippen LogP contribution in [-0.4, -0.2) is 29.1 Å². The molecule has 1 amide bonds. The Kier molecular flexibility index (Phi) is 3.20. The number of pyridine rings is 1. The summed E-state index contributed by atoms with van der Waals surface area (Å²) in [6.07, 6.45) is 3.19. The van der Waals surface area contributed by atoms with Gasteiger partial charge in [0, 0.05) is 11.8 Å². The second kappa shape index (κ2) is 5.02. The molecule has 0 spiro atoms. The van der Waals surface area contributed by atoms with E-state index in [1.807, 2.05) is 0 Å². The number of ether oxygens (including phenoxy) is 1. The van der Waals surface area contributed by atoms with Crippen molar-refractivity contribution in [2.24, 2.45) is 0 Å². The number of aromatic nitrogens is 1. The summed E-state index contributed by atoms with van der Waals surface area (Å²) in [5.41, 5.74) is 1.10. The minimum absolute atomic E-state index is 0.0465. The minimum atomic E-state index is -0.192. The van der Waals surface area contributed by atoms with Gasteiger partial charge in [0.05, 0.1) is 23.5 Å². The predicted octanol–water partition coefficient (Wildman–Crippen LogP) is 2.48. The van der Waals surface area contributed by atoms with Crippen LogP contribution in [-0.2, 0) is 0 Å². The molecule has 2 heterocycles. The fourth-order valence-electron chi connectivity index (χ4n) is 2.08. The number of carbonyl (C=O) groups excluding carboxylic acids is 1. The third-order valence-corrected chi connectivity index (χ3v) is 3.37. The number of benzene rings is 1. The number of nitrogens with zero attached hydrogens (tertiary/aromatic N) is 2. The normalized spacial score (nSPS) is 13.6.